The Morgan fingerprint density at radius 1 is 1.32 bits per heavy atom. The summed E-state index contributed by atoms with van der Waals surface area (Å²) < 4.78 is 46.0. The average molecular weight is 366 g/mol. The predicted octanol–water partition coefficient (Wildman–Crippen LogP) is 1.68. The van der Waals surface area contributed by atoms with E-state index in [4.69, 9.17) is 9.84 Å². The van der Waals surface area contributed by atoms with Gasteiger partial charge >= 0.3 is 5.97 Å². The van der Waals surface area contributed by atoms with E-state index < -0.39 is 27.9 Å². The molecule has 1 N–H and O–H groups in total. The summed E-state index contributed by atoms with van der Waals surface area (Å²) in [7, 11) is -4.02. The van der Waals surface area contributed by atoms with Crippen molar-refractivity contribution in [2.45, 2.75) is 10.9 Å². The number of rotatable bonds is 4. The lowest BCUT2D eigenvalue weighted by molar-refractivity contribution is 0.0319. The Hall–Kier alpha value is -2.36. The highest BCUT2D eigenvalue weighted by Crippen LogP contribution is 2.30. The van der Waals surface area contributed by atoms with Gasteiger partial charge in [-0.3, -0.25) is 4.98 Å². The van der Waals surface area contributed by atoms with Crippen molar-refractivity contribution in [1.82, 2.24) is 9.29 Å². The monoisotopic (exact) mass is 366 g/mol. The van der Waals surface area contributed by atoms with E-state index in [1.54, 1.807) is 6.07 Å². The van der Waals surface area contributed by atoms with E-state index in [0.29, 0.717) is 5.56 Å². The first kappa shape index (κ1) is 17.5. The third-order valence-corrected chi connectivity index (χ3v) is 5.75. The molecule has 1 aromatic heterocycles. The number of nitrogens with zero attached hydrogens (tertiary/aromatic N) is 2. The highest BCUT2D eigenvalue weighted by molar-refractivity contribution is 7.89. The lowest BCUT2D eigenvalue weighted by Crippen LogP contribution is -2.43. The molecule has 1 aromatic carbocycles. The van der Waals surface area contributed by atoms with Gasteiger partial charge in [0.1, 0.15) is 10.7 Å². The van der Waals surface area contributed by atoms with Gasteiger partial charge in [-0.2, -0.15) is 4.31 Å². The van der Waals surface area contributed by atoms with Crippen LogP contribution in [-0.4, -0.2) is 48.5 Å². The lowest BCUT2D eigenvalue weighted by Gasteiger charge is -2.34. The van der Waals surface area contributed by atoms with Crippen LogP contribution < -0.4 is 0 Å². The number of ether oxygens (including phenoxy) is 1. The summed E-state index contributed by atoms with van der Waals surface area (Å²) in [4.78, 5) is 14.5. The standard InChI is InChI=1S/C16H15FN2O5S/c17-13-3-1-2-11(6-13)15-10-24-5-4-19(15)25(22,23)14-7-12(16(20)21)8-18-9-14/h1-3,6-9,15H,4-5,10H2,(H,20,21). The van der Waals surface area contributed by atoms with Gasteiger partial charge in [-0.05, 0) is 23.8 Å². The summed E-state index contributed by atoms with van der Waals surface area (Å²) in [5.41, 5.74) is 0.238. The Kier molecular flexibility index (Phi) is 4.80. The van der Waals surface area contributed by atoms with E-state index in [0.717, 1.165) is 18.5 Å². The second-order valence-electron chi connectivity index (χ2n) is 5.48. The molecule has 9 heteroatoms. The van der Waals surface area contributed by atoms with Gasteiger partial charge < -0.3 is 9.84 Å². The predicted molar refractivity (Wildman–Crippen MR) is 85.0 cm³/mol. The van der Waals surface area contributed by atoms with Crippen LogP contribution in [0.2, 0.25) is 0 Å². The van der Waals surface area contributed by atoms with Crippen LogP contribution in [0, 0.1) is 5.82 Å². The molecule has 0 saturated carbocycles. The summed E-state index contributed by atoms with van der Waals surface area (Å²) in [6, 6.07) is 6.00. The maximum Gasteiger partial charge on any atom is 0.337 e. The van der Waals surface area contributed by atoms with Crippen LogP contribution in [-0.2, 0) is 14.8 Å². The third kappa shape index (κ3) is 3.53. The molecule has 2 heterocycles. The second kappa shape index (κ2) is 6.87. The van der Waals surface area contributed by atoms with E-state index in [1.165, 1.54) is 22.5 Å². The quantitative estimate of drug-likeness (QED) is 0.884. The van der Waals surface area contributed by atoms with E-state index in [-0.39, 0.29) is 30.2 Å². The van der Waals surface area contributed by atoms with Gasteiger partial charge in [-0.15, -0.1) is 0 Å². The SMILES string of the molecule is O=C(O)c1cncc(S(=O)(=O)N2CCOCC2c2cccc(F)c2)c1. The number of pyridine rings is 1. The van der Waals surface area contributed by atoms with E-state index in [2.05, 4.69) is 4.98 Å². The maximum atomic E-state index is 13.5. The minimum absolute atomic E-state index is 0.0703. The van der Waals surface area contributed by atoms with Crippen molar-refractivity contribution in [1.29, 1.82) is 0 Å². The fourth-order valence-electron chi connectivity index (χ4n) is 2.66. The van der Waals surface area contributed by atoms with Gasteiger partial charge in [0.2, 0.25) is 10.0 Å². The molecule has 1 unspecified atom stereocenters. The molecular weight excluding hydrogens is 351 g/mol. The van der Waals surface area contributed by atoms with E-state index in [1.807, 2.05) is 0 Å². The number of morpholine rings is 1. The van der Waals surface area contributed by atoms with Gasteiger partial charge in [0.15, 0.2) is 0 Å². The lowest BCUT2D eigenvalue weighted by atomic mass is 10.1. The molecule has 1 fully saturated rings. The molecule has 2 aromatic rings. The Bertz CT molecular complexity index is 903. The number of hydrogen-bond acceptors (Lipinski definition) is 5. The van der Waals surface area contributed by atoms with Crippen molar-refractivity contribution in [3.8, 4) is 0 Å². The molecule has 132 valence electrons. The van der Waals surface area contributed by atoms with Gasteiger partial charge in [-0.25, -0.2) is 17.6 Å². The zero-order chi connectivity index (χ0) is 18.0. The Morgan fingerprint density at radius 2 is 2.12 bits per heavy atom. The van der Waals surface area contributed by atoms with Crippen LogP contribution in [0.4, 0.5) is 4.39 Å². The summed E-state index contributed by atoms with van der Waals surface area (Å²) in [6.07, 6.45) is 2.17. The molecule has 0 radical (unpaired) electrons. The third-order valence-electron chi connectivity index (χ3n) is 3.88. The number of carboxylic acid groups (broad SMARTS) is 1. The van der Waals surface area contributed by atoms with Crippen LogP contribution in [0.15, 0.2) is 47.6 Å². The molecule has 1 aliphatic heterocycles. The van der Waals surface area contributed by atoms with E-state index >= 15 is 0 Å². The second-order valence-corrected chi connectivity index (χ2v) is 7.37. The number of aromatic nitrogens is 1. The Morgan fingerprint density at radius 3 is 2.84 bits per heavy atom. The molecule has 7 nitrogen and oxygen atoms in total. The Balaban J connectivity index is 2.02. The zero-order valence-corrected chi connectivity index (χ0v) is 13.8. The van der Waals surface area contributed by atoms with Crippen molar-refractivity contribution < 1.29 is 27.4 Å². The smallest absolute Gasteiger partial charge is 0.337 e. The normalized spacial score (nSPS) is 18.8. The fraction of sp³-hybridized carbons (Fsp3) is 0.250. The van der Waals surface area contributed by atoms with Crippen LogP contribution in [0.25, 0.3) is 0 Å². The molecule has 1 atom stereocenters. The Labute approximate surface area is 143 Å². The number of sulfonamides is 1. The fourth-order valence-corrected chi connectivity index (χ4v) is 4.24. The zero-order valence-electron chi connectivity index (χ0n) is 13.0. The van der Waals surface area contributed by atoms with E-state index in [9.17, 15) is 17.6 Å². The molecule has 3 rings (SSSR count). The first-order valence-corrected chi connectivity index (χ1v) is 8.87. The minimum Gasteiger partial charge on any atom is -0.478 e. The number of hydrogen-bond donors (Lipinski definition) is 1. The van der Waals surface area contributed by atoms with Crippen LogP contribution in [0.1, 0.15) is 22.0 Å². The van der Waals surface area contributed by atoms with Gasteiger partial charge in [0.25, 0.3) is 0 Å². The number of carboxylic acids is 1. The maximum absolute atomic E-state index is 13.5. The van der Waals surface area contributed by atoms with Crippen molar-refractivity contribution >= 4 is 16.0 Å². The van der Waals surface area contributed by atoms with Crippen LogP contribution in [0.3, 0.4) is 0 Å². The molecule has 1 saturated heterocycles. The topological polar surface area (TPSA) is 96.8 Å². The van der Waals surface area contributed by atoms with Crippen LogP contribution >= 0.6 is 0 Å². The highest BCUT2D eigenvalue weighted by atomic mass is 32.2. The number of benzene rings is 1. The van der Waals surface area contributed by atoms with Crippen molar-refractivity contribution in [3.63, 3.8) is 0 Å². The first-order chi connectivity index (χ1) is 11.9. The number of halogens is 1. The highest BCUT2D eigenvalue weighted by Gasteiger charge is 2.35. The van der Waals surface area contributed by atoms with Crippen molar-refractivity contribution in [2.24, 2.45) is 0 Å². The first-order valence-electron chi connectivity index (χ1n) is 7.43. The van der Waals surface area contributed by atoms with Gasteiger partial charge in [0.05, 0.1) is 24.8 Å². The molecule has 0 spiro atoms. The number of aromatic carboxylic acids is 1. The molecule has 1 aliphatic rings. The molecule has 0 bridgehead atoms. The molecule has 0 amide bonds. The summed E-state index contributed by atoms with van der Waals surface area (Å²) in [6.45, 7) is 0.340. The summed E-state index contributed by atoms with van der Waals surface area (Å²) >= 11 is 0. The van der Waals surface area contributed by atoms with Gasteiger partial charge in [-0.1, -0.05) is 12.1 Å². The summed E-state index contributed by atoms with van der Waals surface area (Å²) in [5.74, 6) is -1.75. The van der Waals surface area contributed by atoms with Gasteiger partial charge in [0, 0.05) is 18.9 Å². The van der Waals surface area contributed by atoms with Crippen molar-refractivity contribution in [3.05, 3.63) is 59.7 Å². The largest absolute Gasteiger partial charge is 0.478 e. The molecule has 0 aliphatic carbocycles. The average Bonchev–Trinajstić information content (AvgIpc) is 2.62. The summed E-state index contributed by atoms with van der Waals surface area (Å²) in [5, 5.41) is 9.04. The van der Waals surface area contributed by atoms with Crippen LogP contribution in [0.5, 0.6) is 0 Å². The van der Waals surface area contributed by atoms with Crippen molar-refractivity contribution in [2.75, 3.05) is 19.8 Å². The number of carbonyl (C=O) groups is 1. The molecular formula is C16H15FN2O5S. The minimum atomic E-state index is -4.02. The molecule has 25 heavy (non-hydrogen) atoms.